The Hall–Kier alpha value is -1.33. The Kier molecular flexibility index (Phi) is 8.07. The Morgan fingerprint density at radius 1 is 1.56 bits per heavy atom. The molecule has 0 bridgehead atoms. The number of hydrogen-bond acceptors (Lipinski definition) is 3. The van der Waals surface area contributed by atoms with Gasteiger partial charge in [0.05, 0.1) is 0 Å². The van der Waals surface area contributed by atoms with Crippen molar-refractivity contribution in [2.75, 3.05) is 18.6 Å². The van der Waals surface area contributed by atoms with Gasteiger partial charge in [0.2, 0.25) is 5.91 Å². The van der Waals surface area contributed by atoms with Gasteiger partial charge < -0.3 is 15.8 Å². The number of carbonyl (C=O) groups is 1. The number of amides is 1. The van der Waals surface area contributed by atoms with Crippen LogP contribution in [0.1, 0.15) is 13.3 Å². The summed E-state index contributed by atoms with van der Waals surface area (Å²) in [6.45, 7) is 1.23. The van der Waals surface area contributed by atoms with E-state index in [0.29, 0.717) is 11.4 Å². The van der Waals surface area contributed by atoms with E-state index in [0.717, 1.165) is 0 Å². The quantitative estimate of drug-likeness (QED) is 0.837. The molecule has 0 aliphatic carbocycles. The number of benzene rings is 1. The molecular weight excluding hydrogens is 259 g/mol. The van der Waals surface area contributed by atoms with Crippen LogP contribution in [0.5, 0.6) is 5.75 Å². The highest BCUT2D eigenvalue weighted by Crippen LogP contribution is 2.17. The van der Waals surface area contributed by atoms with Crippen molar-refractivity contribution in [3.8, 4) is 5.75 Å². The summed E-state index contributed by atoms with van der Waals surface area (Å²) >= 11 is 0. The summed E-state index contributed by atoms with van der Waals surface area (Å²) in [6.07, 6.45) is 0.259. The lowest BCUT2D eigenvalue weighted by Crippen LogP contribution is -2.23. The second kappa shape index (κ2) is 8.72. The number of ether oxygens (including phenoxy) is 1. The van der Waals surface area contributed by atoms with Crippen molar-refractivity contribution in [1.82, 2.24) is 0 Å². The standard InChI is InChI=1S/C12H17FN2O2.ClH/c1-9(14)7-12(16)15-10-3-2-4-11(8-10)17-6-5-13;/h2-4,8-9H,5-7,14H2,1H3,(H,15,16);1H. The first-order valence-corrected chi connectivity index (χ1v) is 5.46. The molecule has 0 aromatic heterocycles. The van der Waals surface area contributed by atoms with Gasteiger partial charge in [0, 0.05) is 24.2 Å². The molecule has 102 valence electrons. The van der Waals surface area contributed by atoms with Crippen LogP contribution in [-0.2, 0) is 4.79 Å². The summed E-state index contributed by atoms with van der Waals surface area (Å²) in [6, 6.07) is 6.64. The average molecular weight is 277 g/mol. The van der Waals surface area contributed by atoms with Gasteiger partial charge >= 0.3 is 0 Å². The number of rotatable bonds is 6. The van der Waals surface area contributed by atoms with Gasteiger partial charge in [-0.3, -0.25) is 4.79 Å². The van der Waals surface area contributed by atoms with E-state index in [4.69, 9.17) is 10.5 Å². The largest absolute Gasteiger partial charge is 0.491 e. The highest BCUT2D eigenvalue weighted by atomic mass is 35.5. The minimum Gasteiger partial charge on any atom is -0.491 e. The van der Waals surface area contributed by atoms with Crippen LogP contribution in [0, 0.1) is 0 Å². The van der Waals surface area contributed by atoms with Crippen LogP contribution in [0.3, 0.4) is 0 Å². The molecule has 0 fully saturated rings. The molecule has 0 aliphatic rings. The Balaban J connectivity index is 0.00000289. The van der Waals surface area contributed by atoms with Gasteiger partial charge in [-0.2, -0.15) is 0 Å². The van der Waals surface area contributed by atoms with Crippen LogP contribution < -0.4 is 15.8 Å². The van der Waals surface area contributed by atoms with Crippen LogP contribution >= 0.6 is 12.4 Å². The van der Waals surface area contributed by atoms with Crippen molar-refractivity contribution < 1.29 is 13.9 Å². The molecule has 0 saturated carbocycles. The Bertz CT molecular complexity index is 375. The maximum Gasteiger partial charge on any atom is 0.225 e. The van der Waals surface area contributed by atoms with Gasteiger partial charge in [-0.15, -0.1) is 12.4 Å². The molecule has 0 aliphatic heterocycles. The second-order valence-electron chi connectivity index (χ2n) is 3.79. The molecule has 1 unspecified atom stereocenters. The number of anilines is 1. The van der Waals surface area contributed by atoms with Crippen LogP contribution in [0.2, 0.25) is 0 Å². The van der Waals surface area contributed by atoms with E-state index in [1.807, 2.05) is 0 Å². The van der Waals surface area contributed by atoms with Gasteiger partial charge in [0.25, 0.3) is 0 Å². The second-order valence-corrected chi connectivity index (χ2v) is 3.79. The van der Waals surface area contributed by atoms with E-state index in [2.05, 4.69) is 5.32 Å². The fourth-order valence-corrected chi connectivity index (χ4v) is 1.32. The molecule has 1 rings (SSSR count). The molecule has 18 heavy (non-hydrogen) atoms. The average Bonchev–Trinajstić information content (AvgIpc) is 2.25. The fraction of sp³-hybridized carbons (Fsp3) is 0.417. The predicted octanol–water partition coefficient (Wildman–Crippen LogP) is 2.13. The van der Waals surface area contributed by atoms with Crippen molar-refractivity contribution in [1.29, 1.82) is 0 Å². The number of halogens is 2. The zero-order valence-corrected chi connectivity index (χ0v) is 11.0. The SMILES string of the molecule is CC(N)CC(=O)Nc1cccc(OCCF)c1.Cl. The van der Waals surface area contributed by atoms with E-state index in [1.165, 1.54) is 0 Å². The molecule has 6 heteroatoms. The smallest absolute Gasteiger partial charge is 0.225 e. The summed E-state index contributed by atoms with van der Waals surface area (Å²) in [4.78, 5) is 11.5. The molecule has 0 spiro atoms. The third kappa shape index (κ3) is 6.42. The fourth-order valence-electron chi connectivity index (χ4n) is 1.32. The van der Waals surface area contributed by atoms with Crippen LogP contribution in [0.25, 0.3) is 0 Å². The lowest BCUT2D eigenvalue weighted by atomic mass is 10.2. The number of nitrogens with one attached hydrogen (secondary N) is 1. The Morgan fingerprint density at radius 2 is 2.28 bits per heavy atom. The third-order valence-electron chi connectivity index (χ3n) is 1.97. The van der Waals surface area contributed by atoms with E-state index < -0.39 is 6.67 Å². The monoisotopic (exact) mass is 276 g/mol. The Labute approximate surface area is 112 Å². The molecule has 3 N–H and O–H groups in total. The normalized spacial score (nSPS) is 11.3. The van der Waals surface area contributed by atoms with Crippen LogP contribution in [0.15, 0.2) is 24.3 Å². The highest BCUT2D eigenvalue weighted by molar-refractivity contribution is 5.91. The summed E-state index contributed by atoms with van der Waals surface area (Å²) in [7, 11) is 0. The topological polar surface area (TPSA) is 64.4 Å². The first kappa shape index (κ1) is 16.7. The zero-order chi connectivity index (χ0) is 12.7. The number of nitrogens with two attached hydrogens (primary N) is 1. The van der Waals surface area contributed by atoms with E-state index in [9.17, 15) is 9.18 Å². The molecule has 0 saturated heterocycles. The molecule has 0 radical (unpaired) electrons. The summed E-state index contributed by atoms with van der Waals surface area (Å²) in [5.74, 6) is 0.379. The number of hydrogen-bond donors (Lipinski definition) is 2. The minimum absolute atomic E-state index is 0. The van der Waals surface area contributed by atoms with Crippen molar-refractivity contribution in [2.45, 2.75) is 19.4 Å². The van der Waals surface area contributed by atoms with E-state index in [-0.39, 0.29) is 37.4 Å². The number of alkyl halides is 1. The van der Waals surface area contributed by atoms with Crippen molar-refractivity contribution in [3.63, 3.8) is 0 Å². The van der Waals surface area contributed by atoms with Crippen LogP contribution in [-0.4, -0.2) is 25.2 Å². The highest BCUT2D eigenvalue weighted by Gasteiger charge is 2.05. The first-order valence-electron chi connectivity index (χ1n) is 5.46. The van der Waals surface area contributed by atoms with Crippen LogP contribution in [0.4, 0.5) is 10.1 Å². The lowest BCUT2D eigenvalue weighted by Gasteiger charge is -2.09. The zero-order valence-electron chi connectivity index (χ0n) is 10.2. The van der Waals surface area contributed by atoms with E-state index in [1.54, 1.807) is 31.2 Å². The van der Waals surface area contributed by atoms with E-state index >= 15 is 0 Å². The molecule has 1 atom stereocenters. The van der Waals surface area contributed by atoms with Gasteiger partial charge in [-0.05, 0) is 19.1 Å². The molecule has 0 heterocycles. The Morgan fingerprint density at radius 3 is 2.89 bits per heavy atom. The maximum atomic E-state index is 11.9. The molecule has 4 nitrogen and oxygen atoms in total. The maximum absolute atomic E-state index is 11.9. The molecule has 1 aromatic carbocycles. The molecule has 1 amide bonds. The minimum atomic E-state index is -0.540. The summed E-state index contributed by atoms with van der Waals surface area (Å²) in [5.41, 5.74) is 6.13. The van der Waals surface area contributed by atoms with Gasteiger partial charge in [0.1, 0.15) is 19.0 Å². The van der Waals surface area contributed by atoms with Crippen molar-refractivity contribution in [2.24, 2.45) is 5.73 Å². The van der Waals surface area contributed by atoms with Gasteiger partial charge in [0.15, 0.2) is 0 Å². The third-order valence-corrected chi connectivity index (χ3v) is 1.97. The van der Waals surface area contributed by atoms with Crippen molar-refractivity contribution in [3.05, 3.63) is 24.3 Å². The predicted molar refractivity (Wildman–Crippen MR) is 72.1 cm³/mol. The lowest BCUT2D eigenvalue weighted by molar-refractivity contribution is -0.116. The van der Waals surface area contributed by atoms with Crippen molar-refractivity contribution >= 4 is 24.0 Å². The summed E-state index contributed by atoms with van der Waals surface area (Å²) < 4.78 is 17.0. The van der Waals surface area contributed by atoms with Gasteiger partial charge in [-0.1, -0.05) is 6.07 Å². The number of carbonyl (C=O) groups excluding carboxylic acids is 1. The molecular formula is C12H18ClFN2O2. The van der Waals surface area contributed by atoms with Gasteiger partial charge in [-0.25, -0.2) is 4.39 Å². The first-order chi connectivity index (χ1) is 8.11. The summed E-state index contributed by atoms with van der Waals surface area (Å²) in [5, 5.41) is 2.70. The molecule has 1 aromatic rings.